The molecule has 3 heteroatoms. The summed E-state index contributed by atoms with van der Waals surface area (Å²) in [6.07, 6.45) is 0.845. The topological polar surface area (TPSA) is 39.4 Å². The molecule has 0 saturated heterocycles. The Hall–Kier alpha value is -2.55. The number of fused-ring (bicyclic) bond motifs is 1. The fourth-order valence-electron chi connectivity index (χ4n) is 2.06. The zero-order chi connectivity index (χ0) is 13.8. The molecule has 0 saturated carbocycles. The normalized spacial score (nSPS) is 10.6. The van der Waals surface area contributed by atoms with E-state index in [1.807, 2.05) is 30.3 Å². The van der Waals surface area contributed by atoms with Crippen LogP contribution in [-0.4, -0.2) is 6.61 Å². The summed E-state index contributed by atoms with van der Waals surface area (Å²) in [6, 6.07) is 18.8. The van der Waals surface area contributed by atoms with Gasteiger partial charge in [0.1, 0.15) is 11.3 Å². The van der Waals surface area contributed by atoms with E-state index in [-0.39, 0.29) is 5.63 Å². The molecule has 0 aliphatic heterocycles. The first-order valence-electron chi connectivity index (χ1n) is 6.52. The Bertz CT molecular complexity index is 760. The summed E-state index contributed by atoms with van der Waals surface area (Å²) in [4.78, 5) is 11.2. The van der Waals surface area contributed by atoms with Crippen molar-refractivity contribution in [2.24, 2.45) is 0 Å². The van der Waals surface area contributed by atoms with Crippen LogP contribution in [0.4, 0.5) is 0 Å². The molecule has 1 aromatic heterocycles. The summed E-state index contributed by atoms with van der Waals surface area (Å²) in [6.45, 7) is 0.590. The van der Waals surface area contributed by atoms with E-state index in [9.17, 15) is 4.79 Å². The first kappa shape index (κ1) is 12.5. The Morgan fingerprint density at radius 2 is 1.75 bits per heavy atom. The molecule has 1 heterocycles. The SMILES string of the molecule is O=c1ccc2ccc(OCCc3ccccc3)cc2o1. The summed E-state index contributed by atoms with van der Waals surface area (Å²) in [5, 5.41) is 0.889. The molecule has 0 fully saturated rings. The van der Waals surface area contributed by atoms with E-state index in [4.69, 9.17) is 9.15 Å². The van der Waals surface area contributed by atoms with Crippen molar-refractivity contribution in [2.75, 3.05) is 6.61 Å². The molecule has 3 nitrogen and oxygen atoms in total. The standard InChI is InChI=1S/C17H14O3/c18-17-9-7-14-6-8-15(12-16(14)20-17)19-11-10-13-4-2-1-3-5-13/h1-9,12H,10-11H2. The van der Waals surface area contributed by atoms with E-state index in [0.717, 1.165) is 11.8 Å². The van der Waals surface area contributed by atoms with Crippen molar-refractivity contribution >= 4 is 11.0 Å². The van der Waals surface area contributed by atoms with Crippen LogP contribution < -0.4 is 10.4 Å². The molecular weight excluding hydrogens is 252 g/mol. The maximum Gasteiger partial charge on any atom is 0.336 e. The lowest BCUT2D eigenvalue weighted by Gasteiger charge is -2.06. The van der Waals surface area contributed by atoms with E-state index in [2.05, 4.69) is 12.1 Å². The van der Waals surface area contributed by atoms with Gasteiger partial charge in [0.05, 0.1) is 6.61 Å². The summed E-state index contributed by atoms with van der Waals surface area (Å²) in [5.74, 6) is 0.711. The van der Waals surface area contributed by atoms with Crippen LogP contribution in [0.1, 0.15) is 5.56 Å². The van der Waals surface area contributed by atoms with Crippen molar-refractivity contribution in [3.05, 3.63) is 76.6 Å². The summed E-state index contributed by atoms with van der Waals surface area (Å²) in [5.41, 5.74) is 1.44. The second-order valence-electron chi connectivity index (χ2n) is 4.54. The lowest BCUT2D eigenvalue weighted by molar-refractivity contribution is 0.322. The smallest absolute Gasteiger partial charge is 0.336 e. The molecule has 0 atom stereocenters. The van der Waals surface area contributed by atoms with Gasteiger partial charge in [0.25, 0.3) is 0 Å². The molecule has 100 valence electrons. The van der Waals surface area contributed by atoms with Gasteiger partial charge in [0, 0.05) is 23.9 Å². The minimum absolute atomic E-state index is 0.348. The number of benzene rings is 2. The highest BCUT2D eigenvalue weighted by Gasteiger charge is 2.00. The Labute approximate surface area is 116 Å². The van der Waals surface area contributed by atoms with Gasteiger partial charge in [-0.25, -0.2) is 4.79 Å². The molecule has 0 aliphatic rings. The average molecular weight is 266 g/mol. The molecule has 2 aromatic carbocycles. The Kier molecular flexibility index (Phi) is 3.50. The van der Waals surface area contributed by atoms with Gasteiger partial charge < -0.3 is 9.15 Å². The van der Waals surface area contributed by atoms with Gasteiger partial charge in [-0.05, 0) is 23.8 Å². The highest BCUT2D eigenvalue weighted by atomic mass is 16.5. The van der Waals surface area contributed by atoms with Gasteiger partial charge in [-0.1, -0.05) is 30.3 Å². The average Bonchev–Trinajstić information content (AvgIpc) is 2.48. The van der Waals surface area contributed by atoms with Crippen molar-refractivity contribution in [1.29, 1.82) is 0 Å². The van der Waals surface area contributed by atoms with E-state index >= 15 is 0 Å². The molecule has 0 spiro atoms. The van der Waals surface area contributed by atoms with E-state index in [1.54, 1.807) is 12.1 Å². The Morgan fingerprint density at radius 3 is 2.60 bits per heavy atom. The van der Waals surface area contributed by atoms with Crippen molar-refractivity contribution in [3.63, 3.8) is 0 Å². The second kappa shape index (κ2) is 5.61. The van der Waals surface area contributed by atoms with E-state index in [0.29, 0.717) is 17.9 Å². The monoisotopic (exact) mass is 266 g/mol. The van der Waals surface area contributed by atoms with Gasteiger partial charge in [-0.3, -0.25) is 0 Å². The molecule has 0 radical (unpaired) electrons. The number of ether oxygens (including phenoxy) is 1. The first-order valence-corrected chi connectivity index (χ1v) is 6.52. The molecule has 0 amide bonds. The zero-order valence-corrected chi connectivity index (χ0v) is 10.9. The largest absolute Gasteiger partial charge is 0.493 e. The molecule has 3 rings (SSSR count). The van der Waals surface area contributed by atoms with Crippen molar-refractivity contribution in [2.45, 2.75) is 6.42 Å². The fourth-order valence-corrected chi connectivity index (χ4v) is 2.06. The van der Waals surface area contributed by atoms with E-state index < -0.39 is 0 Å². The van der Waals surface area contributed by atoms with Crippen LogP contribution >= 0.6 is 0 Å². The van der Waals surface area contributed by atoms with Crippen LogP contribution in [0.15, 0.2) is 69.9 Å². The van der Waals surface area contributed by atoms with E-state index in [1.165, 1.54) is 11.6 Å². The lowest BCUT2D eigenvalue weighted by atomic mass is 10.2. The quantitative estimate of drug-likeness (QED) is 0.679. The van der Waals surface area contributed by atoms with Crippen LogP contribution in [0.3, 0.4) is 0 Å². The minimum Gasteiger partial charge on any atom is -0.493 e. The third-order valence-electron chi connectivity index (χ3n) is 3.10. The van der Waals surface area contributed by atoms with Gasteiger partial charge in [0.2, 0.25) is 0 Å². The van der Waals surface area contributed by atoms with Crippen LogP contribution in [0, 0.1) is 0 Å². The summed E-state index contributed by atoms with van der Waals surface area (Å²) in [7, 11) is 0. The molecule has 0 N–H and O–H groups in total. The maximum atomic E-state index is 11.2. The predicted molar refractivity (Wildman–Crippen MR) is 78.1 cm³/mol. The molecule has 0 bridgehead atoms. The number of hydrogen-bond donors (Lipinski definition) is 0. The maximum absolute atomic E-state index is 11.2. The summed E-state index contributed by atoms with van der Waals surface area (Å²) >= 11 is 0. The molecule has 0 unspecified atom stereocenters. The molecule has 0 aliphatic carbocycles. The van der Waals surface area contributed by atoms with Gasteiger partial charge in [0.15, 0.2) is 0 Å². The van der Waals surface area contributed by atoms with Crippen molar-refractivity contribution in [3.8, 4) is 5.75 Å². The minimum atomic E-state index is -0.348. The van der Waals surface area contributed by atoms with Crippen molar-refractivity contribution < 1.29 is 9.15 Å². The van der Waals surface area contributed by atoms with Crippen LogP contribution in [0.2, 0.25) is 0 Å². The third kappa shape index (κ3) is 2.88. The highest BCUT2D eigenvalue weighted by Crippen LogP contribution is 2.19. The zero-order valence-electron chi connectivity index (χ0n) is 10.9. The Morgan fingerprint density at radius 1 is 0.950 bits per heavy atom. The predicted octanol–water partition coefficient (Wildman–Crippen LogP) is 3.41. The van der Waals surface area contributed by atoms with Crippen molar-refractivity contribution in [1.82, 2.24) is 0 Å². The lowest BCUT2D eigenvalue weighted by Crippen LogP contribution is -2.01. The first-order chi connectivity index (χ1) is 9.81. The van der Waals surface area contributed by atoms with Crippen LogP contribution in [0.25, 0.3) is 11.0 Å². The molecule has 3 aromatic rings. The second-order valence-corrected chi connectivity index (χ2v) is 4.54. The van der Waals surface area contributed by atoms with Crippen LogP contribution in [-0.2, 0) is 6.42 Å². The fraction of sp³-hybridized carbons (Fsp3) is 0.118. The highest BCUT2D eigenvalue weighted by molar-refractivity contribution is 5.77. The van der Waals surface area contributed by atoms with Gasteiger partial charge in [-0.2, -0.15) is 0 Å². The Balaban J connectivity index is 1.70. The summed E-state index contributed by atoms with van der Waals surface area (Å²) < 4.78 is 10.8. The van der Waals surface area contributed by atoms with Crippen LogP contribution in [0.5, 0.6) is 5.75 Å². The third-order valence-corrected chi connectivity index (χ3v) is 3.10. The van der Waals surface area contributed by atoms with Gasteiger partial charge >= 0.3 is 5.63 Å². The molecule has 20 heavy (non-hydrogen) atoms. The molecular formula is C17H14O3. The number of rotatable bonds is 4. The number of hydrogen-bond acceptors (Lipinski definition) is 3. The van der Waals surface area contributed by atoms with Gasteiger partial charge in [-0.15, -0.1) is 0 Å².